The Morgan fingerprint density at radius 1 is 1.11 bits per heavy atom. The minimum atomic E-state index is -0.503. The molecule has 1 rings (SSSR count). The lowest BCUT2D eigenvalue weighted by atomic mass is 10.0. The van der Waals surface area contributed by atoms with Crippen molar-refractivity contribution in [2.75, 3.05) is 13.2 Å². The van der Waals surface area contributed by atoms with Gasteiger partial charge in [-0.25, -0.2) is 0 Å². The molecule has 1 atom stereocenters. The zero-order valence-electron chi connectivity index (χ0n) is 12.6. The van der Waals surface area contributed by atoms with Crippen LogP contribution in [-0.2, 0) is 4.74 Å². The van der Waals surface area contributed by atoms with Crippen LogP contribution in [0.15, 0.2) is 18.2 Å². The first-order valence-electron chi connectivity index (χ1n) is 7.48. The Hall–Kier alpha value is -0.860. The van der Waals surface area contributed by atoms with Gasteiger partial charge in [-0.2, -0.15) is 0 Å². The second-order valence-electron chi connectivity index (χ2n) is 5.36. The number of hydrogen-bond donors (Lipinski definition) is 1. The summed E-state index contributed by atoms with van der Waals surface area (Å²) in [6.45, 7) is 7.48. The van der Waals surface area contributed by atoms with Crippen LogP contribution in [0.5, 0.6) is 0 Å². The standard InChI is InChI=1S/C17H28O2/c1-4-5-6-7-8-11-19-13-17(18)16-10-9-14(2)12-15(16)3/h9-10,12,17-18H,4-8,11,13H2,1-3H3. The zero-order valence-corrected chi connectivity index (χ0v) is 12.6. The van der Waals surface area contributed by atoms with Crippen LogP contribution in [0.4, 0.5) is 0 Å². The van der Waals surface area contributed by atoms with E-state index in [4.69, 9.17) is 4.74 Å². The zero-order chi connectivity index (χ0) is 14.1. The molecule has 0 aliphatic heterocycles. The van der Waals surface area contributed by atoms with E-state index in [1.165, 1.54) is 31.2 Å². The van der Waals surface area contributed by atoms with E-state index in [-0.39, 0.29) is 0 Å². The third-order valence-electron chi connectivity index (χ3n) is 3.45. The Bertz CT molecular complexity index is 360. The highest BCUT2D eigenvalue weighted by Gasteiger charge is 2.10. The molecule has 1 aromatic rings. The predicted molar refractivity (Wildman–Crippen MR) is 80.5 cm³/mol. The molecule has 0 fully saturated rings. The van der Waals surface area contributed by atoms with E-state index in [2.05, 4.69) is 19.9 Å². The Morgan fingerprint density at radius 3 is 2.53 bits per heavy atom. The van der Waals surface area contributed by atoms with E-state index in [0.717, 1.165) is 24.2 Å². The fourth-order valence-corrected chi connectivity index (χ4v) is 2.29. The molecule has 0 spiro atoms. The van der Waals surface area contributed by atoms with Crippen LogP contribution in [0.25, 0.3) is 0 Å². The number of hydrogen-bond acceptors (Lipinski definition) is 2. The summed E-state index contributed by atoms with van der Waals surface area (Å²) in [7, 11) is 0. The van der Waals surface area contributed by atoms with E-state index in [1.807, 2.05) is 19.1 Å². The van der Waals surface area contributed by atoms with Crippen molar-refractivity contribution in [2.45, 2.75) is 59.0 Å². The minimum Gasteiger partial charge on any atom is -0.386 e. The molecule has 0 saturated heterocycles. The van der Waals surface area contributed by atoms with Crippen LogP contribution in [0.2, 0.25) is 0 Å². The van der Waals surface area contributed by atoms with Crippen molar-refractivity contribution < 1.29 is 9.84 Å². The van der Waals surface area contributed by atoms with E-state index < -0.39 is 6.10 Å². The number of ether oxygens (including phenoxy) is 1. The predicted octanol–water partition coefficient (Wildman–Crippen LogP) is 4.32. The monoisotopic (exact) mass is 264 g/mol. The van der Waals surface area contributed by atoms with Gasteiger partial charge < -0.3 is 9.84 Å². The normalized spacial score (nSPS) is 12.6. The summed E-state index contributed by atoms with van der Waals surface area (Å²) in [4.78, 5) is 0. The molecule has 0 bridgehead atoms. The maximum atomic E-state index is 10.1. The van der Waals surface area contributed by atoms with Gasteiger partial charge in [-0.1, -0.05) is 56.4 Å². The molecule has 0 aliphatic rings. The average molecular weight is 264 g/mol. The molecular formula is C17H28O2. The molecule has 0 aliphatic carbocycles. The van der Waals surface area contributed by atoms with E-state index in [9.17, 15) is 5.11 Å². The van der Waals surface area contributed by atoms with Crippen molar-refractivity contribution >= 4 is 0 Å². The first kappa shape index (κ1) is 16.2. The lowest BCUT2D eigenvalue weighted by Gasteiger charge is -2.14. The SMILES string of the molecule is CCCCCCCOCC(O)c1ccc(C)cc1C. The van der Waals surface area contributed by atoms with Gasteiger partial charge in [-0.3, -0.25) is 0 Å². The molecule has 2 heteroatoms. The largest absolute Gasteiger partial charge is 0.386 e. The fraction of sp³-hybridized carbons (Fsp3) is 0.647. The maximum Gasteiger partial charge on any atom is 0.103 e. The van der Waals surface area contributed by atoms with Gasteiger partial charge in [0.2, 0.25) is 0 Å². The summed E-state index contributed by atoms with van der Waals surface area (Å²) >= 11 is 0. The third kappa shape index (κ3) is 6.22. The Morgan fingerprint density at radius 2 is 1.84 bits per heavy atom. The second-order valence-corrected chi connectivity index (χ2v) is 5.36. The van der Waals surface area contributed by atoms with Crippen molar-refractivity contribution in [1.29, 1.82) is 0 Å². The van der Waals surface area contributed by atoms with Crippen LogP contribution in [0.3, 0.4) is 0 Å². The van der Waals surface area contributed by atoms with Crippen molar-refractivity contribution in [3.8, 4) is 0 Å². The summed E-state index contributed by atoms with van der Waals surface area (Å²) in [5.74, 6) is 0. The molecule has 0 amide bonds. The van der Waals surface area contributed by atoms with Crippen LogP contribution in [-0.4, -0.2) is 18.3 Å². The molecule has 0 radical (unpaired) electrons. The number of rotatable bonds is 9. The van der Waals surface area contributed by atoms with E-state index in [1.54, 1.807) is 0 Å². The van der Waals surface area contributed by atoms with Crippen molar-refractivity contribution in [3.05, 3.63) is 34.9 Å². The van der Waals surface area contributed by atoms with Crippen LogP contribution >= 0.6 is 0 Å². The van der Waals surface area contributed by atoms with Gasteiger partial charge in [0.25, 0.3) is 0 Å². The van der Waals surface area contributed by atoms with Crippen molar-refractivity contribution in [1.82, 2.24) is 0 Å². The summed E-state index contributed by atoms with van der Waals surface area (Å²) < 4.78 is 5.57. The molecule has 1 aromatic carbocycles. The Labute approximate surface area is 117 Å². The second kappa shape index (κ2) is 9.11. The number of unbranched alkanes of at least 4 members (excludes halogenated alkanes) is 4. The quantitative estimate of drug-likeness (QED) is 0.673. The van der Waals surface area contributed by atoms with Gasteiger partial charge in [0, 0.05) is 6.61 Å². The highest BCUT2D eigenvalue weighted by Crippen LogP contribution is 2.19. The van der Waals surface area contributed by atoms with Gasteiger partial charge >= 0.3 is 0 Å². The van der Waals surface area contributed by atoms with Crippen molar-refractivity contribution in [2.24, 2.45) is 0 Å². The Balaban J connectivity index is 2.22. The molecule has 108 valence electrons. The summed E-state index contributed by atoms with van der Waals surface area (Å²) in [5.41, 5.74) is 3.35. The number of benzene rings is 1. The lowest BCUT2D eigenvalue weighted by Crippen LogP contribution is -2.09. The first-order chi connectivity index (χ1) is 9.15. The fourth-order valence-electron chi connectivity index (χ4n) is 2.29. The summed E-state index contributed by atoms with van der Waals surface area (Å²) in [6.07, 6.45) is 5.69. The molecule has 0 aromatic heterocycles. The van der Waals surface area contributed by atoms with Gasteiger partial charge in [0.1, 0.15) is 6.10 Å². The molecule has 0 saturated carbocycles. The van der Waals surface area contributed by atoms with Gasteiger partial charge in [0.15, 0.2) is 0 Å². The maximum absolute atomic E-state index is 10.1. The molecule has 1 unspecified atom stereocenters. The van der Waals surface area contributed by atoms with E-state index in [0.29, 0.717) is 6.61 Å². The number of aliphatic hydroxyl groups excluding tert-OH is 1. The summed E-state index contributed by atoms with van der Waals surface area (Å²) in [6, 6.07) is 6.14. The lowest BCUT2D eigenvalue weighted by molar-refractivity contribution is 0.0341. The van der Waals surface area contributed by atoms with Crippen LogP contribution in [0, 0.1) is 13.8 Å². The Kier molecular flexibility index (Phi) is 7.76. The number of aliphatic hydroxyl groups is 1. The third-order valence-corrected chi connectivity index (χ3v) is 3.45. The van der Waals surface area contributed by atoms with Gasteiger partial charge in [0.05, 0.1) is 6.61 Å². The molecular weight excluding hydrogens is 236 g/mol. The van der Waals surface area contributed by atoms with Crippen LogP contribution < -0.4 is 0 Å². The molecule has 0 heterocycles. The molecule has 1 N–H and O–H groups in total. The first-order valence-corrected chi connectivity index (χ1v) is 7.48. The highest BCUT2D eigenvalue weighted by molar-refractivity contribution is 5.31. The van der Waals surface area contributed by atoms with E-state index >= 15 is 0 Å². The van der Waals surface area contributed by atoms with Crippen LogP contribution in [0.1, 0.15) is 61.8 Å². The number of aryl methyl sites for hydroxylation is 2. The highest BCUT2D eigenvalue weighted by atomic mass is 16.5. The van der Waals surface area contributed by atoms with Gasteiger partial charge in [-0.05, 0) is 31.4 Å². The smallest absolute Gasteiger partial charge is 0.103 e. The minimum absolute atomic E-state index is 0.400. The van der Waals surface area contributed by atoms with Crippen molar-refractivity contribution in [3.63, 3.8) is 0 Å². The average Bonchev–Trinajstić information content (AvgIpc) is 2.37. The molecule has 2 nitrogen and oxygen atoms in total. The topological polar surface area (TPSA) is 29.5 Å². The summed E-state index contributed by atoms with van der Waals surface area (Å²) in [5, 5.41) is 10.1. The molecule has 19 heavy (non-hydrogen) atoms. The van der Waals surface area contributed by atoms with Gasteiger partial charge in [-0.15, -0.1) is 0 Å².